The summed E-state index contributed by atoms with van der Waals surface area (Å²) in [5.41, 5.74) is 5.35. The summed E-state index contributed by atoms with van der Waals surface area (Å²) in [6.45, 7) is 3.75. The summed E-state index contributed by atoms with van der Waals surface area (Å²) in [5, 5.41) is 3.61. The summed E-state index contributed by atoms with van der Waals surface area (Å²) in [7, 11) is 0. The number of aryl methyl sites for hydroxylation is 1. The van der Waals surface area contributed by atoms with E-state index in [9.17, 15) is 9.59 Å². The number of rotatable bonds is 5. The third kappa shape index (κ3) is 5.02. The highest BCUT2D eigenvalue weighted by atomic mass is 35.5. The lowest BCUT2D eigenvalue weighted by Crippen LogP contribution is -2.42. The molecule has 2 fully saturated rings. The minimum atomic E-state index is -0.160. The summed E-state index contributed by atoms with van der Waals surface area (Å²) in [5.74, 6) is 0.0420. The molecule has 1 N–H and O–H groups in total. The fraction of sp³-hybridized carbons (Fsp3) is 0.387. The van der Waals surface area contributed by atoms with Crippen molar-refractivity contribution in [2.45, 2.75) is 44.6 Å². The molecule has 2 aromatic carbocycles. The van der Waals surface area contributed by atoms with Crippen molar-refractivity contribution >= 4 is 29.1 Å². The van der Waals surface area contributed by atoms with Crippen molar-refractivity contribution in [3.8, 4) is 0 Å². The number of hydrogen-bond donors (Lipinski definition) is 1. The molecule has 3 heterocycles. The van der Waals surface area contributed by atoms with Gasteiger partial charge in [-0.3, -0.25) is 14.6 Å². The van der Waals surface area contributed by atoms with Gasteiger partial charge >= 0.3 is 0 Å². The summed E-state index contributed by atoms with van der Waals surface area (Å²) >= 11 is 6.23. The second kappa shape index (κ2) is 10.4. The molecule has 1 spiro atoms. The second-order valence-corrected chi connectivity index (χ2v) is 11.4. The molecule has 1 unspecified atom stereocenters. The molecule has 1 aromatic heterocycles. The summed E-state index contributed by atoms with van der Waals surface area (Å²) in [4.78, 5) is 34.8. The monoisotopic (exact) mass is 528 g/mol. The Morgan fingerprint density at radius 2 is 1.76 bits per heavy atom. The largest absolute Gasteiger partial charge is 0.371 e. The molecule has 38 heavy (non-hydrogen) atoms. The second-order valence-electron chi connectivity index (χ2n) is 11.0. The van der Waals surface area contributed by atoms with Crippen molar-refractivity contribution in [1.82, 2.24) is 15.2 Å². The maximum atomic E-state index is 13.3. The Labute approximate surface area is 229 Å². The van der Waals surface area contributed by atoms with Gasteiger partial charge in [0.2, 0.25) is 5.91 Å². The van der Waals surface area contributed by atoms with E-state index in [4.69, 9.17) is 11.6 Å². The number of fused-ring (bicyclic) bond motifs is 1. The van der Waals surface area contributed by atoms with Gasteiger partial charge in [0.1, 0.15) is 0 Å². The van der Waals surface area contributed by atoms with Gasteiger partial charge in [-0.2, -0.15) is 0 Å². The first-order chi connectivity index (χ1) is 18.5. The van der Waals surface area contributed by atoms with E-state index in [2.05, 4.69) is 50.4 Å². The topological polar surface area (TPSA) is 65.5 Å². The van der Waals surface area contributed by atoms with E-state index in [0.29, 0.717) is 17.0 Å². The van der Waals surface area contributed by atoms with E-state index >= 15 is 0 Å². The van der Waals surface area contributed by atoms with Crippen LogP contribution < -0.4 is 10.2 Å². The lowest BCUT2D eigenvalue weighted by molar-refractivity contribution is -0.129. The zero-order valence-electron chi connectivity index (χ0n) is 21.5. The molecule has 2 aliphatic heterocycles. The van der Waals surface area contributed by atoms with Crippen molar-refractivity contribution in [1.29, 1.82) is 0 Å². The molecule has 1 atom stereocenters. The SMILES string of the molecule is O=C(NC1CCc2ccc(CC(=O)N3CCC4(CCN(c5ccncc5)CC4)C3)cc21)c1ccccc1Cl. The quantitative estimate of drug-likeness (QED) is 0.493. The number of piperidine rings is 1. The molecule has 2 amide bonds. The van der Waals surface area contributed by atoms with Crippen LogP contribution in [0.15, 0.2) is 67.0 Å². The molecule has 0 saturated carbocycles. The van der Waals surface area contributed by atoms with Crippen molar-refractivity contribution in [3.63, 3.8) is 0 Å². The van der Waals surface area contributed by atoms with Crippen LogP contribution in [0.1, 0.15) is 58.8 Å². The van der Waals surface area contributed by atoms with Gasteiger partial charge in [-0.1, -0.05) is 41.9 Å². The highest BCUT2D eigenvalue weighted by Gasteiger charge is 2.42. The summed E-state index contributed by atoms with van der Waals surface area (Å²) < 4.78 is 0. The number of nitrogens with one attached hydrogen (secondary N) is 1. The van der Waals surface area contributed by atoms with Gasteiger partial charge in [0, 0.05) is 44.3 Å². The van der Waals surface area contributed by atoms with E-state index in [1.807, 2.05) is 24.5 Å². The number of aromatic nitrogens is 1. The first kappa shape index (κ1) is 24.9. The molecule has 0 bridgehead atoms. The fourth-order valence-corrected chi connectivity index (χ4v) is 6.65. The maximum Gasteiger partial charge on any atom is 0.253 e. The molecule has 3 aliphatic rings. The normalized spacial score (nSPS) is 20.0. The lowest BCUT2D eigenvalue weighted by Gasteiger charge is -2.40. The third-order valence-electron chi connectivity index (χ3n) is 8.71. The molecular weight excluding hydrogens is 496 g/mol. The smallest absolute Gasteiger partial charge is 0.253 e. The predicted molar refractivity (Wildman–Crippen MR) is 149 cm³/mol. The number of pyridine rings is 1. The van der Waals surface area contributed by atoms with Crippen molar-refractivity contribution in [3.05, 3.63) is 94.3 Å². The number of nitrogens with zero attached hydrogens (tertiary/aromatic N) is 3. The van der Waals surface area contributed by atoms with Crippen molar-refractivity contribution in [2.24, 2.45) is 5.41 Å². The number of anilines is 1. The number of halogens is 1. The Balaban J connectivity index is 1.07. The lowest BCUT2D eigenvalue weighted by atomic mass is 9.77. The molecule has 0 radical (unpaired) electrons. The first-order valence-electron chi connectivity index (χ1n) is 13.6. The van der Waals surface area contributed by atoms with Crippen LogP contribution in [0.4, 0.5) is 5.69 Å². The molecule has 6 nitrogen and oxygen atoms in total. The van der Waals surface area contributed by atoms with Crippen LogP contribution in [-0.4, -0.2) is 47.9 Å². The van der Waals surface area contributed by atoms with Gasteiger partial charge in [0.05, 0.1) is 23.0 Å². The van der Waals surface area contributed by atoms with Gasteiger partial charge in [-0.15, -0.1) is 0 Å². The first-order valence-corrected chi connectivity index (χ1v) is 14.0. The molecule has 3 aromatic rings. The van der Waals surface area contributed by atoms with Crippen LogP contribution in [-0.2, 0) is 17.6 Å². The van der Waals surface area contributed by atoms with E-state index < -0.39 is 0 Å². The van der Waals surface area contributed by atoms with Crippen molar-refractivity contribution < 1.29 is 9.59 Å². The molecular formula is C31H33ClN4O2. The average molecular weight is 529 g/mol. The van der Waals surface area contributed by atoms with E-state index in [0.717, 1.165) is 69.4 Å². The maximum absolute atomic E-state index is 13.3. The van der Waals surface area contributed by atoms with Crippen LogP contribution in [0.3, 0.4) is 0 Å². The van der Waals surface area contributed by atoms with E-state index in [1.165, 1.54) is 11.3 Å². The number of hydrogen-bond acceptors (Lipinski definition) is 4. The Hall–Kier alpha value is -3.38. The zero-order chi connectivity index (χ0) is 26.1. The van der Waals surface area contributed by atoms with Gasteiger partial charge in [-0.05, 0) is 78.5 Å². The van der Waals surface area contributed by atoms with Gasteiger partial charge in [0.25, 0.3) is 5.91 Å². The molecule has 7 heteroatoms. The molecule has 1 aliphatic carbocycles. The Morgan fingerprint density at radius 3 is 2.55 bits per heavy atom. The number of carbonyl (C=O) groups excluding carboxylic acids is 2. The van der Waals surface area contributed by atoms with Gasteiger partial charge in [-0.25, -0.2) is 0 Å². The zero-order valence-corrected chi connectivity index (χ0v) is 22.3. The van der Waals surface area contributed by atoms with Crippen LogP contribution in [0.2, 0.25) is 5.02 Å². The van der Waals surface area contributed by atoms with Crippen LogP contribution >= 0.6 is 11.6 Å². The Kier molecular flexibility index (Phi) is 6.83. The standard InChI is InChI=1S/C31H33ClN4O2/c32-27-4-2-1-3-25(27)30(38)34-28-8-7-23-6-5-22(19-26(23)28)20-29(37)36-18-13-31(21-36)11-16-35(17-12-31)24-9-14-33-15-10-24/h1-6,9-10,14-15,19,28H,7-8,11-13,16-18,20-21H2,(H,34,38). The number of likely N-dealkylation sites (tertiary alicyclic amines) is 1. The van der Waals surface area contributed by atoms with Crippen molar-refractivity contribution in [2.75, 3.05) is 31.1 Å². The minimum absolute atomic E-state index is 0.0653. The molecule has 6 rings (SSSR count). The predicted octanol–water partition coefficient (Wildman–Crippen LogP) is 5.21. The highest BCUT2D eigenvalue weighted by molar-refractivity contribution is 6.33. The molecule has 2 saturated heterocycles. The van der Waals surface area contributed by atoms with Crippen LogP contribution in [0.25, 0.3) is 0 Å². The number of carbonyl (C=O) groups is 2. The average Bonchev–Trinajstić information content (AvgIpc) is 3.54. The van der Waals surface area contributed by atoms with Gasteiger partial charge in [0.15, 0.2) is 0 Å². The highest BCUT2D eigenvalue weighted by Crippen LogP contribution is 2.41. The summed E-state index contributed by atoms with van der Waals surface area (Å²) in [6.07, 6.45) is 9.19. The number of amides is 2. The third-order valence-corrected chi connectivity index (χ3v) is 9.04. The van der Waals surface area contributed by atoms with E-state index in [1.54, 1.807) is 12.1 Å². The van der Waals surface area contributed by atoms with Crippen LogP contribution in [0.5, 0.6) is 0 Å². The Morgan fingerprint density at radius 1 is 1.00 bits per heavy atom. The minimum Gasteiger partial charge on any atom is -0.371 e. The Bertz CT molecular complexity index is 1340. The van der Waals surface area contributed by atoms with E-state index in [-0.39, 0.29) is 23.3 Å². The van der Waals surface area contributed by atoms with Gasteiger partial charge < -0.3 is 15.1 Å². The molecule has 196 valence electrons. The van der Waals surface area contributed by atoms with Crippen LogP contribution in [0, 0.1) is 5.41 Å². The fourth-order valence-electron chi connectivity index (χ4n) is 6.43. The summed E-state index contributed by atoms with van der Waals surface area (Å²) in [6, 6.07) is 17.5. The number of benzene rings is 2.